The van der Waals surface area contributed by atoms with Gasteiger partial charge in [-0.25, -0.2) is 4.79 Å². The van der Waals surface area contributed by atoms with Gasteiger partial charge in [0.2, 0.25) is 11.8 Å². The zero-order valence-corrected chi connectivity index (χ0v) is 14.4. The number of imide groups is 1. The highest BCUT2D eigenvalue weighted by Gasteiger charge is 2.12. The molecular weight excluding hydrogens is 328 g/mol. The number of carbonyl (C=O) groups excluding carboxylic acids is 2. The Bertz CT molecular complexity index is 673. The largest absolute Gasteiger partial charge is 0.411 e. The van der Waals surface area contributed by atoms with Crippen molar-refractivity contribution >= 4 is 23.7 Å². The molecule has 0 spiro atoms. The molecule has 1 aromatic heterocycles. The van der Waals surface area contributed by atoms with E-state index in [0.717, 1.165) is 23.7 Å². The van der Waals surface area contributed by atoms with Crippen LogP contribution in [0, 0.1) is 5.92 Å². The van der Waals surface area contributed by atoms with Crippen LogP contribution in [0.25, 0.3) is 11.5 Å². The summed E-state index contributed by atoms with van der Waals surface area (Å²) in [5, 5.41) is 13.0. The first kappa shape index (κ1) is 18.0. The van der Waals surface area contributed by atoms with Gasteiger partial charge in [-0.05, 0) is 24.5 Å². The van der Waals surface area contributed by atoms with Crippen LogP contribution in [0.4, 0.5) is 4.79 Å². The van der Waals surface area contributed by atoms with Gasteiger partial charge in [0.05, 0.1) is 5.75 Å². The van der Waals surface area contributed by atoms with Crippen molar-refractivity contribution in [3.63, 3.8) is 0 Å². The van der Waals surface area contributed by atoms with Crippen molar-refractivity contribution < 1.29 is 14.0 Å². The topological polar surface area (TPSA) is 97.1 Å². The van der Waals surface area contributed by atoms with Crippen LogP contribution in [0.3, 0.4) is 0 Å². The first-order valence-electron chi connectivity index (χ1n) is 7.64. The molecule has 1 heterocycles. The zero-order valence-electron chi connectivity index (χ0n) is 13.6. The van der Waals surface area contributed by atoms with E-state index < -0.39 is 11.9 Å². The predicted molar refractivity (Wildman–Crippen MR) is 91.5 cm³/mol. The maximum absolute atomic E-state index is 11.7. The van der Waals surface area contributed by atoms with E-state index in [1.54, 1.807) is 0 Å². The number of hydrogen-bond donors (Lipinski definition) is 2. The molecule has 0 aliphatic rings. The number of aromatic nitrogens is 2. The maximum atomic E-state index is 11.7. The third kappa shape index (κ3) is 6.04. The summed E-state index contributed by atoms with van der Waals surface area (Å²) in [5.74, 6) is 0.493. The van der Waals surface area contributed by atoms with Crippen LogP contribution in [0.1, 0.15) is 20.3 Å². The van der Waals surface area contributed by atoms with Gasteiger partial charge in [0.1, 0.15) is 0 Å². The number of benzene rings is 1. The Labute approximate surface area is 144 Å². The van der Waals surface area contributed by atoms with E-state index in [9.17, 15) is 9.59 Å². The van der Waals surface area contributed by atoms with E-state index in [0.29, 0.717) is 18.4 Å². The number of hydrogen-bond acceptors (Lipinski definition) is 6. The molecule has 0 saturated carbocycles. The lowest BCUT2D eigenvalue weighted by atomic mass is 10.1. The highest BCUT2D eigenvalue weighted by atomic mass is 32.2. The minimum atomic E-state index is -0.489. The van der Waals surface area contributed by atoms with Crippen LogP contribution in [-0.2, 0) is 4.79 Å². The number of carbonyl (C=O) groups is 2. The monoisotopic (exact) mass is 348 g/mol. The van der Waals surface area contributed by atoms with Crippen LogP contribution in [0.2, 0.25) is 0 Å². The van der Waals surface area contributed by atoms with Gasteiger partial charge in [-0.1, -0.05) is 43.8 Å². The average molecular weight is 348 g/mol. The molecule has 0 atom stereocenters. The quantitative estimate of drug-likeness (QED) is 0.747. The molecule has 0 unspecified atom stereocenters. The van der Waals surface area contributed by atoms with Crippen molar-refractivity contribution in [1.82, 2.24) is 20.8 Å². The van der Waals surface area contributed by atoms with E-state index in [-0.39, 0.29) is 11.0 Å². The smallest absolute Gasteiger partial charge is 0.321 e. The molecule has 24 heavy (non-hydrogen) atoms. The molecule has 2 N–H and O–H groups in total. The Morgan fingerprint density at radius 3 is 2.67 bits per heavy atom. The summed E-state index contributed by atoms with van der Waals surface area (Å²) in [7, 11) is 0. The van der Waals surface area contributed by atoms with E-state index >= 15 is 0 Å². The van der Waals surface area contributed by atoms with Crippen LogP contribution in [0.5, 0.6) is 0 Å². The summed E-state index contributed by atoms with van der Waals surface area (Å²) in [6.45, 7) is 4.67. The molecule has 0 bridgehead atoms. The molecule has 128 valence electrons. The molecule has 0 aliphatic heterocycles. The number of thioether (sulfide) groups is 1. The lowest BCUT2D eigenvalue weighted by Crippen LogP contribution is -2.40. The van der Waals surface area contributed by atoms with Crippen molar-refractivity contribution in [3.05, 3.63) is 30.3 Å². The maximum Gasteiger partial charge on any atom is 0.321 e. The Hall–Kier alpha value is -2.35. The van der Waals surface area contributed by atoms with Crippen LogP contribution in [0.15, 0.2) is 40.0 Å². The van der Waals surface area contributed by atoms with Gasteiger partial charge in [0.15, 0.2) is 0 Å². The molecule has 0 fully saturated rings. The van der Waals surface area contributed by atoms with Gasteiger partial charge in [0.25, 0.3) is 5.22 Å². The molecule has 2 aromatic rings. The van der Waals surface area contributed by atoms with Crippen molar-refractivity contribution in [1.29, 1.82) is 0 Å². The molecule has 8 heteroatoms. The second-order valence-corrected chi connectivity index (χ2v) is 6.44. The molecule has 0 aliphatic carbocycles. The number of rotatable bonds is 7. The van der Waals surface area contributed by atoms with Gasteiger partial charge in [-0.3, -0.25) is 10.1 Å². The van der Waals surface area contributed by atoms with Crippen LogP contribution < -0.4 is 10.6 Å². The summed E-state index contributed by atoms with van der Waals surface area (Å²) in [6, 6.07) is 8.87. The van der Waals surface area contributed by atoms with Crippen molar-refractivity contribution in [2.24, 2.45) is 5.92 Å². The fourth-order valence-electron chi connectivity index (χ4n) is 1.77. The molecule has 2 rings (SSSR count). The Morgan fingerprint density at radius 2 is 1.96 bits per heavy atom. The summed E-state index contributed by atoms with van der Waals surface area (Å²) < 4.78 is 5.48. The first-order chi connectivity index (χ1) is 11.5. The van der Waals surface area contributed by atoms with Gasteiger partial charge in [-0.2, -0.15) is 0 Å². The molecular formula is C16H20N4O3S. The predicted octanol–water partition coefficient (Wildman–Crippen LogP) is 2.70. The lowest BCUT2D eigenvalue weighted by Gasteiger charge is -2.07. The van der Waals surface area contributed by atoms with Crippen LogP contribution >= 0.6 is 11.8 Å². The molecule has 0 radical (unpaired) electrons. The fraction of sp³-hybridized carbons (Fsp3) is 0.375. The van der Waals surface area contributed by atoms with Crippen molar-refractivity contribution in [2.45, 2.75) is 25.5 Å². The van der Waals surface area contributed by atoms with Gasteiger partial charge < -0.3 is 9.73 Å². The van der Waals surface area contributed by atoms with Gasteiger partial charge in [-0.15, -0.1) is 10.2 Å². The summed E-state index contributed by atoms with van der Waals surface area (Å²) in [4.78, 5) is 23.2. The van der Waals surface area contributed by atoms with E-state index in [1.165, 1.54) is 0 Å². The Balaban J connectivity index is 1.74. The molecule has 3 amide bonds. The number of nitrogens with zero attached hydrogens (tertiary/aromatic N) is 2. The number of urea groups is 1. The normalized spacial score (nSPS) is 10.6. The molecule has 0 saturated heterocycles. The van der Waals surface area contributed by atoms with Gasteiger partial charge >= 0.3 is 6.03 Å². The standard InChI is InChI=1S/C16H20N4O3S/c1-11(2)8-9-17-15(22)18-13(21)10-24-16-20-19-14(23-16)12-6-4-3-5-7-12/h3-7,11H,8-10H2,1-2H3,(H2,17,18,21,22). The summed E-state index contributed by atoms with van der Waals surface area (Å²) >= 11 is 1.08. The SMILES string of the molecule is CC(C)CCNC(=O)NC(=O)CSc1nnc(-c2ccccc2)o1. The van der Waals surface area contributed by atoms with Crippen molar-refractivity contribution in [3.8, 4) is 11.5 Å². The lowest BCUT2D eigenvalue weighted by molar-refractivity contribution is -0.117. The molecule has 7 nitrogen and oxygen atoms in total. The third-order valence-electron chi connectivity index (χ3n) is 3.01. The second kappa shape index (κ2) is 9.07. The Morgan fingerprint density at radius 1 is 1.21 bits per heavy atom. The van der Waals surface area contributed by atoms with Crippen LogP contribution in [-0.4, -0.2) is 34.4 Å². The highest BCUT2D eigenvalue weighted by Crippen LogP contribution is 2.22. The fourth-order valence-corrected chi connectivity index (χ4v) is 2.34. The average Bonchev–Trinajstić information content (AvgIpc) is 3.02. The van der Waals surface area contributed by atoms with Gasteiger partial charge in [0, 0.05) is 12.1 Å². The minimum Gasteiger partial charge on any atom is -0.411 e. The molecule has 1 aromatic carbocycles. The minimum absolute atomic E-state index is 0.0218. The number of amides is 3. The zero-order chi connectivity index (χ0) is 17.4. The summed E-state index contributed by atoms with van der Waals surface area (Å²) in [5.41, 5.74) is 0.811. The second-order valence-electron chi connectivity index (χ2n) is 5.51. The van der Waals surface area contributed by atoms with E-state index in [2.05, 4.69) is 34.7 Å². The summed E-state index contributed by atoms with van der Waals surface area (Å²) in [6.07, 6.45) is 0.862. The number of nitrogens with one attached hydrogen (secondary N) is 2. The third-order valence-corrected chi connectivity index (χ3v) is 3.83. The first-order valence-corrected chi connectivity index (χ1v) is 8.62. The van der Waals surface area contributed by atoms with Crippen molar-refractivity contribution in [2.75, 3.05) is 12.3 Å². The highest BCUT2D eigenvalue weighted by molar-refractivity contribution is 7.99. The Kier molecular flexibility index (Phi) is 6.80. The van der Waals surface area contributed by atoms with E-state index in [1.807, 2.05) is 30.3 Å². The van der Waals surface area contributed by atoms with E-state index in [4.69, 9.17) is 4.42 Å².